The molecule has 6 nitrogen and oxygen atoms in total. The molecule has 6 heteroatoms. The van der Waals surface area contributed by atoms with E-state index in [1.54, 1.807) is 23.1 Å². The Labute approximate surface area is 215 Å². The lowest BCUT2D eigenvalue weighted by atomic mass is 9.61. The van der Waals surface area contributed by atoms with E-state index in [1.165, 1.54) is 0 Å². The first-order valence-corrected chi connectivity index (χ1v) is 12.6. The van der Waals surface area contributed by atoms with E-state index in [0.717, 1.165) is 5.56 Å². The average Bonchev–Trinajstić information content (AvgIpc) is 2.74. The van der Waals surface area contributed by atoms with E-state index in [-0.39, 0.29) is 0 Å². The van der Waals surface area contributed by atoms with Crippen molar-refractivity contribution in [1.82, 2.24) is 4.90 Å². The van der Waals surface area contributed by atoms with Crippen LogP contribution in [0.5, 0.6) is 0 Å². The van der Waals surface area contributed by atoms with Crippen LogP contribution in [-0.4, -0.2) is 46.4 Å². The minimum atomic E-state index is -1.46. The zero-order chi connectivity index (χ0) is 27.1. The number of rotatable bonds is 5. The number of ether oxygens (including phenoxy) is 2. The van der Waals surface area contributed by atoms with Gasteiger partial charge >= 0.3 is 12.1 Å². The fraction of sp³-hybridized carbons (Fsp3) is 0.533. The van der Waals surface area contributed by atoms with Crippen molar-refractivity contribution < 1.29 is 24.2 Å². The highest BCUT2D eigenvalue weighted by atomic mass is 16.6. The third-order valence-electron chi connectivity index (χ3n) is 6.51. The topological polar surface area (TPSA) is 76.1 Å². The van der Waals surface area contributed by atoms with Crippen LogP contribution < -0.4 is 0 Å². The van der Waals surface area contributed by atoms with Gasteiger partial charge in [0.15, 0.2) is 0 Å². The third kappa shape index (κ3) is 5.75. The van der Waals surface area contributed by atoms with Gasteiger partial charge < -0.3 is 19.5 Å². The molecule has 1 fully saturated rings. The molecule has 0 unspecified atom stereocenters. The lowest BCUT2D eigenvalue weighted by Gasteiger charge is -2.56. The Balaban J connectivity index is 2.04. The van der Waals surface area contributed by atoms with Crippen LogP contribution >= 0.6 is 0 Å². The van der Waals surface area contributed by atoms with Gasteiger partial charge in [-0.05, 0) is 76.3 Å². The minimum absolute atomic E-state index is 0.307. The van der Waals surface area contributed by atoms with E-state index in [9.17, 15) is 14.7 Å². The van der Waals surface area contributed by atoms with E-state index < -0.39 is 34.3 Å². The third-order valence-corrected chi connectivity index (χ3v) is 6.51. The highest BCUT2D eigenvalue weighted by Gasteiger charge is 2.58. The molecule has 196 valence electrons. The summed E-state index contributed by atoms with van der Waals surface area (Å²) in [6.45, 7) is 17.8. The number of carbonyl (C=O) groups excluding carboxylic acids is 2. The Morgan fingerprint density at radius 3 is 1.94 bits per heavy atom. The van der Waals surface area contributed by atoms with Gasteiger partial charge in [0.2, 0.25) is 0 Å². The second-order valence-electron chi connectivity index (χ2n) is 12.5. The van der Waals surface area contributed by atoms with Crippen molar-refractivity contribution in [3.63, 3.8) is 0 Å². The average molecular weight is 496 g/mol. The van der Waals surface area contributed by atoms with Crippen molar-refractivity contribution in [1.29, 1.82) is 0 Å². The number of amides is 1. The molecule has 0 saturated carbocycles. The van der Waals surface area contributed by atoms with Gasteiger partial charge in [-0.1, -0.05) is 57.2 Å². The number of esters is 1. The molecule has 0 aliphatic carbocycles. The Kier molecular flexibility index (Phi) is 7.35. The van der Waals surface area contributed by atoms with Gasteiger partial charge in [0.1, 0.15) is 16.8 Å². The number of hydrogen-bond donors (Lipinski definition) is 1. The SMILES string of the molecule is CC(C)c1ccc([C@](O)(c2cccc(C(=O)OC(C)(C)C)c2)C2(C)CN(C(=O)OC(C)(C)C)C2)cc1. The van der Waals surface area contributed by atoms with Gasteiger partial charge in [-0.25, -0.2) is 9.59 Å². The molecule has 1 saturated heterocycles. The summed E-state index contributed by atoms with van der Waals surface area (Å²) in [5, 5.41) is 12.5. The molecule has 0 aromatic heterocycles. The highest BCUT2D eigenvalue weighted by molar-refractivity contribution is 5.90. The first-order valence-electron chi connectivity index (χ1n) is 12.6. The highest BCUT2D eigenvalue weighted by Crippen LogP contribution is 2.51. The van der Waals surface area contributed by atoms with Crippen LogP contribution in [0, 0.1) is 5.41 Å². The summed E-state index contributed by atoms with van der Waals surface area (Å²) in [5.74, 6) is -0.0967. The molecule has 1 aliphatic rings. The summed E-state index contributed by atoms with van der Waals surface area (Å²) < 4.78 is 11.1. The first kappa shape index (κ1) is 27.7. The van der Waals surface area contributed by atoms with E-state index >= 15 is 0 Å². The van der Waals surface area contributed by atoms with Gasteiger partial charge in [0, 0.05) is 18.5 Å². The fourth-order valence-corrected chi connectivity index (χ4v) is 4.66. The summed E-state index contributed by atoms with van der Waals surface area (Å²) in [6, 6.07) is 14.9. The Hall–Kier alpha value is -2.86. The molecule has 3 rings (SSSR count). The zero-order valence-electron chi connectivity index (χ0n) is 23.1. The molecule has 0 spiro atoms. The monoisotopic (exact) mass is 495 g/mol. The van der Waals surface area contributed by atoms with Crippen molar-refractivity contribution in [2.24, 2.45) is 5.41 Å². The van der Waals surface area contributed by atoms with E-state index in [1.807, 2.05) is 78.8 Å². The summed E-state index contributed by atoms with van der Waals surface area (Å²) in [7, 11) is 0. The molecule has 1 atom stereocenters. The predicted molar refractivity (Wildman–Crippen MR) is 141 cm³/mol. The van der Waals surface area contributed by atoms with Crippen molar-refractivity contribution >= 4 is 12.1 Å². The van der Waals surface area contributed by atoms with E-state index in [2.05, 4.69) is 13.8 Å². The molecule has 36 heavy (non-hydrogen) atoms. The Morgan fingerprint density at radius 1 is 0.889 bits per heavy atom. The molecule has 0 radical (unpaired) electrons. The van der Waals surface area contributed by atoms with Gasteiger partial charge in [0.25, 0.3) is 0 Å². The summed E-state index contributed by atoms with van der Waals surface area (Å²) in [6.07, 6.45) is -0.403. The first-order chi connectivity index (χ1) is 16.4. The van der Waals surface area contributed by atoms with Crippen LogP contribution in [0.1, 0.15) is 95.3 Å². The molecule has 1 aliphatic heterocycles. The molecule has 1 heterocycles. The van der Waals surface area contributed by atoms with Gasteiger partial charge in [-0.2, -0.15) is 0 Å². The van der Waals surface area contributed by atoms with Gasteiger partial charge in [-0.15, -0.1) is 0 Å². The van der Waals surface area contributed by atoms with Crippen LogP contribution in [0.3, 0.4) is 0 Å². The van der Waals surface area contributed by atoms with Crippen molar-refractivity contribution in [2.45, 2.75) is 85.0 Å². The number of likely N-dealkylation sites (tertiary alicyclic amines) is 1. The lowest BCUT2D eigenvalue weighted by Crippen LogP contribution is -2.66. The van der Waals surface area contributed by atoms with Crippen LogP contribution in [-0.2, 0) is 15.1 Å². The van der Waals surface area contributed by atoms with Crippen molar-refractivity contribution in [3.05, 3.63) is 70.8 Å². The number of nitrogens with zero attached hydrogens (tertiary/aromatic N) is 1. The summed E-state index contributed by atoms with van der Waals surface area (Å²) in [5.41, 5.74) is -0.592. The minimum Gasteiger partial charge on any atom is -0.456 e. The second-order valence-corrected chi connectivity index (χ2v) is 12.5. The quantitative estimate of drug-likeness (QED) is 0.496. The van der Waals surface area contributed by atoms with Crippen LogP contribution in [0.4, 0.5) is 4.79 Å². The molecular formula is C30H41NO5. The van der Waals surface area contributed by atoms with Crippen LogP contribution in [0.2, 0.25) is 0 Å². The second kappa shape index (κ2) is 9.55. The molecule has 2 aromatic carbocycles. The van der Waals surface area contributed by atoms with E-state index in [0.29, 0.717) is 35.7 Å². The summed E-state index contributed by atoms with van der Waals surface area (Å²) in [4.78, 5) is 27.1. The maximum absolute atomic E-state index is 12.8. The Morgan fingerprint density at radius 2 is 1.44 bits per heavy atom. The number of aliphatic hydroxyl groups is 1. The largest absolute Gasteiger partial charge is 0.456 e. The van der Waals surface area contributed by atoms with Crippen LogP contribution in [0.15, 0.2) is 48.5 Å². The molecule has 2 aromatic rings. The van der Waals surface area contributed by atoms with E-state index in [4.69, 9.17) is 9.47 Å². The smallest absolute Gasteiger partial charge is 0.410 e. The predicted octanol–water partition coefficient (Wildman–Crippen LogP) is 6.26. The molecule has 1 N–H and O–H groups in total. The Bertz CT molecular complexity index is 1100. The fourth-order valence-electron chi connectivity index (χ4n) is 4.66. The molecule has 0 bridgehead atoms. The summed E-state index contributed by atoms with van der Waals surface area (Å²) >= 11 is 0. The van der Waals surface area contributed by atoms with Gasteiger partial charge in [-0.3, -0.25) is 0 Å². The van der Waals surface area contributed by atoms with Gasteiger partial charge in [0.05, 0.1) is 5.56 Å². The van der Waals surface area contributed by atoms with Crippen LogP contribution in [0.25, 0.3) is 0 Å². The maximum Gasteiger partial charge on any atom is 0.410 e. The van der Waals surface area contributed by atoms with Crippen molar-refractivity contribution in [2.75, 3.05) is 13.1 Å². The molecular weight excluding hydrogens is 454 g/mol. The maximum atomic E-state index is 12.8. The molecule has 1 amide bonds. The number of hydrogen-bond acceptors (Lipinski definition) is 5. The standard InChI is InChI=1S/C30H41NO5/c1-20(2)21-13-15-23(16-14-21)30(34,29(9)18-31(19-29)26(33)36-28(6,7)8)24-12-10-11-22(17-24)25(32)35-27(3,4)5/h10-17,20,34H,18-19H2,1-9H3/t30-/m0/s1. The number of carbonyl (C=O) groups is 2. The lowest BCUT2D eigenvalue weighted by molar-refractivity contribution is -0.131. The normalized spacial score (nSPS) is 17.2. The number of benzene rings is 2. The zero-order valence-corrected chi connectivity index (χ0v) is 23.1. The van der Waals surface area contributed by atoms with Crippen molar-refractivity contribution in [3.8, 4) is 0 Å².